The van der Waals surface area contributed by atoms with Gasteiger partial charge in [-0.05, 0) is 32.3 Å². The number of nitrogens with one attached hydrogen (secondary N) is 1. The van der Waals surface area contributed by atoms with Crippen LogP contribution >= 0.6 is 15.9 Å². The molecule has 0 aliphatic heterocycles. The smallest absolute Gasteiger partial charge is 0.337 e. The quantitative estimate of drug-likeness (QED) is 0.887. The van der Waals surface area contributed by atoms with Crippen molar-refractivity contribution in [2.45, 2.75) is 0 Å². The molecule has 0 spiro atoms. The fourth-order valence-corrected chi connectivity index (χ4v) is 1.64. The fourth-order valence-electron chi connectivity index (χ4n) is 1.28. The molecule has 0 fully saturated rings. The van der Waals surface area contributed by atoms with Crippen LogP contribution < -0.4 is 5.32 Å². The van der Waals surface area contributed by atoms with E-state index in [9.17, 15) is 9.59 Å². The largest absolute Gasteiger partial charge is 0.478 e. The molecular weight excluding hydrogens is 288 g/mol. The second-order valence-corrected chi connectivity index (χ2v) is 4.70. The Kier molecular flexibility index (Phi) is 4.65. The summed E-state index contributed by atoms with van der Waals surface area (Å²) >= 11 is 3.19. The summed E-state index contributed by atoms with van der Waals surface area (Å²) in [7, 11) is 3.53. The molecule has 1 rings (SSSR count). The Balaban J connectivity index is 2.91. The number of halogens is 1. The summed E-state index contributed by atoms with van der Waals surface area (Å²) in [5, 5.41) is 11.6. The van der Waals surface area contributed by atoms with Gasteiger partial charge in [0.05, 0.1) is 17.8 Å². The van der Waals surface area contributed by atoms with Gasteiger partial charge in [0.25, 0.3) is 0 Å². The van der Waals surface area contributed by atoms with Crippen molar-refractivity contribution in [3.63, 3.8) is 0 Å². The average molecular weight is 301 g/mol. The maximum Gasteiger partial charge on any atom is 0.337 e. The number of hydrogen-bond donors (Lipinski definition) is 2. The third kappa shape index (κ3) is 4.16. The van der Waals surface area contributed by atoms with E-state index in [4.69, 9.17) is 5.11 Å². The van der Waals surface area contributed by atoms with Crippen LogP contribution in [0.25, 0.3) is 0 Å². The van der Waals surface area contributed by atoms with Crippen molar-refractivity contribution in [1.29, 1.82) is 0 Å². The van der Waals surface area contributed by atoms with Crippen molar-refractivity contribution >= 4 is 33.5 Å². The van der Waals surface area contributed by atoms with Crippen molar-refractivity contribution < 1.29 is 14.7 Å². The lowest BCUT2D eigenvalue weighted by Crippen LogP contribution is -2.27. The number of nitrogens with zero attached hydrogens (tertiary/aromatic N) is 1. The number of rotatable bonds is 4. The molecule has 5 nitrogen and oxygen atoms in total. The number of benzene rings is 1. The molecule has 0 unspecified atom stereocenters. The lowest BCUT2D eigenvalue weighted by Gasteiger charge is -2.12. The van der Waals surface area contributed by atoms with E-state index >= 15 is 0 Å². The van der Waals surface area contributed by atoms with Gasteiger partial charge in [-0.15, -0.1) is 0 Å². The van der Waals surface area contributed by atoms with Gasteiger partial charge < -0.3 is 15.3 Å². The Morgan fingerprint density at radius 3 is 2.59 bits per heavy atom. The van der Waals surface area contributed by atoms with Gasteiger partial charge in [0.2, 0.25) is 5.91 Å². The maximum atomic E-state index is 11.5. The van der Waals surface area contributed by atoms with Crippen LogP contribution in [0.1, 0.15) is 10.4 Å². The van der Waals surface area contributed by atoms with Gasteiger partial charge in [0.15, 0.2) is 0 Å². The summed E-state index contributed by atoms with van der Waals surface area (Å²) in [4.78, 5) is 24.2. The average Bonchev–Trinajstić information content (AvgIpc) is 2.19. The second-order valence-electron chi connectivity index (χ2n) is 3.78. The topological polar surface area (TPSA) is 69.6 Å². The molecule has 1 amide bonds. The summed E-state index contributed by atoms with van der Waals surface area (Å²) in [6, 6.07) is 4.69. The Morgan fingerprint density at radius 1 is 1.41 bits per heavy atom. The minimum absolute atomic E-state index is 0.0616. The fraction of sp³-hybridized carbons (Fsp3) is 0.273. The predicted octanol–water partition coefficient (Wildman–Crippen LogP) is 1.65. The molecule has 0 aromatic heterocycles. The summed E-state index contributed by atoms with van der Waals surface area (Å²) in [5.41, 5.74) is 0.360. The lowest BCUT2D eigenvalue weighted by molar-refractivity contribution is -0.116. The third-order valence-electron chi connectivity index (χ3n) is 1.95. The Hall–Kier alpha value is -1.40. The predicted molar refractivity (Wildman–Crippen MR) is 68.3 cm³/mol. The molecule has 1 aromatic rings. The van der Waals surface area contributed by atoms with E-state index in [0.717, 1.165) is 0 Å². The van der Waals surface area contributed by atoms with Crippen LogP contribution in [0.3, 0.4) is 0 Å². The Morgan fingerprint density at radius 2 is 2.06 bits per heavy atom. The monoisotopic (exact) mass is 300 g/mol. The molecule has 0 aliphatic carbocycles. The van der Waals surface area contributed by atoms with Crippen LogP contribution in [0.2, 0.25) is 0 Å². The molecule has 1 aromatic carbocycles. The van der Waals surface area contributed by atoms with E-state index in [1.54, 1.807) is 31.1 Å². The molecule has 0 saturated carbocycles. The Bertz CT molecular complexity index is 446. The number of carboxylic acid groups (broad SMARTS) is 1. The van der Waals surface area contributed by atoms with E-state index in [2.05, 4.69) is 21.2 Å². The molecule has 2 N–H and O–H groups in total. The number of aromatic carboxylic acids is 1. The van der Waals surface area contributed by atoms with E-state index in [0.29, 0.717) is 10.2 Å². The first-order chi connectivity index (χ1) is 7.90. The van der Waals surface area contributed by atoms with Gasteiger partial charge in [0, 0.05) is 4.47 Å². The highest BCUT2D eigenvalue weighted by atomic mass is 79.9. The van der Waals surface area contributed by atoms with Gasteiger partial charge >= 0.3 is 5.97 Å². The second kappa shape index (κ2) is 5.79. The number of anilines is 1. The van der Waals surface area contributed by atoms with E-state index in [1.807, 2.05) is 0 Å². The standard InChI is InChI=1S/C11H13BrN2O3/c1-14(2)6-10(15)13-9-4-3-7(12)5-8(9)11(16)17/h3-5H,6H2,1-2H3,(H,13,15)(H,16,17). The van der Waals surface area contributed by atoms with Crippen LogP contribution in [-0.4, -0.2) is 42.5 Å². The number of carbonyl (C=O) groups excluding carboxylic acids is 1. The number of likely N-dealkylation sites (N-methyl/N-ethyl adjacent to an activating group) is 1. The van der Waals surface area contributed by atoms with Crippen LogP contribution in [-0.2, 0) is 4.79 Å². The zero-order valence-corrected chi connectivity index (χ0v) is 11.1. The van der Waals surface area contributed by atoms with E-state index < -0.39 is 5.97 Å². The van der Waals surface area contributed by atoms with Gasteiger partial charge in [-0.1, -0.05) is 15.9 Å². The van der Waals surface area contributed by atoms with Crippen molar-refractivity contribution in [3.8, 4) is 0 Å². The summed E-state index contributed by atoms with van der Waals surface area (Å²) in [5.74, 6) is -1.33. The molecule has 17 heavy (non-hydrogen) atoms. The molecule has 6 heteroatoms. The maximum absolute atomic E-state index is 11.5. The highest BCUT2D eigenvalue weighted by Crippen LogP contribution is 2.21. The van der Waals surface area contributed by atoms with Gasteiger partial charge in [-0.25, -0.2) is 4.79 Å². The highest BCUT2D eigenvalue weighted by molar-refractivity contribution is 9.10. The first-order valence-electron chi connectivity index (χ1n) is 4.87. The van der Waals surface area contributed by atoms with Gasteiger partial charge in [0.1, 0.15) is 0 Å². The zero-order chi connectivity index (χ0) is 13.0. The minimum atomic E-state index is -1.08. The number of carbonyl (C=O) groups is 2. The third-order valence-corrected chi connectivity index (χ3v) is 2.44. The van der Waals surface area contributed by atoms with Crippen molar-refractivity contribution in [1.82, 2.24) is 4.90 Å². The molecule has 0 heterocycles. The molecule has 92 valence electrons. The van der Waals surface area contributed by atoms with Gasteiger partial charge in [-0.2, -0.15) is 0 Å². The highest BCUT2D eigenvalue weighted by Gasteiger charge is 2.13. The number of amides is 1. The molecular formula is C11H13BrN2O3. The van der Waals surface area contributed by atoms with Crippen molar-refractivity contribution in [2.24, 2.45) is 0 Å². The molecule has 0 atom stereocenters. The van der Waals surface area contributed by atoms with Crippen molar-refractivity contribution in [3.05, 3.63) is 28.2 Å². The normalized spacial score (nSPS) is 10.4. The van der Waals surface area contributed by atoms with E-state index in [1.165, 1.54) is 6.07 Å². The SMILES string of the molecule is CN(C)CC(=O)Nc1ccc(Br)cc1C(=O)O. The first-order valence-corrected chi connectivity index (χ1v) is 5.67. The summed E-state index contributed by atoms with van der Waals surface area (Å²) in [6.07, 6.45) is 0. The van der Waals surface area contributed by atoms with Crippen LogP contribution in [0, 0.1) is 0 Å². The Labute approximate surface area is 108 Å². The molecule has 0 aliphatic rings. The number of carboxylic acids is 1. The molecule has 0 saturated heterocycles. The van der Waals surface area contributed by atoms with Crippen LogP contribution in [0.5, 0.6) is 0 Å². The first kappa shape index (κ1) is 13.7. The van der Waals surface area contributed by atoms with Gasteiger partial charge in [-0.3, -0.25) is 4.79 Å². The van der Waals surface area contributed by atoms with E-state index in [-0.39, 0.29) is 18.0 Å². The summed E-state index contributed by atoms with van der Waals surface area (Å²) < 4.78 is 0.653. The minimum Gasteiger partial charge on any atom is -0.478 e. The van der Waals surface area contributed by atoms with Crippen LogP contribution in [0.15, 0.2) is 22.7 Å². The zero-order valence-electron chi connectivity index (χ0n) is 9.53. The summed E-state index contributed by atoms with van der Waals surface area (Å²) in [6.45, 7) is 0.203. The molecule has 0 bridgehead atoms. The molecule has 0 radical (unpaired) electrons. The number of hydrogen-bond acceptors (Lipinski definition) is 3. The van der Waals surface area contributed by atoms with Crippen LogP contribution in [0.4, 0.5) is 5.69 Å². The lowest BCUT2D eigenvalue weighted by atomic mass is 10.2. The van der Waals surface area contributed by atoms with Crippen molar-refractivity contribution in [2.75, 3.05) is 26.0 Å².